The molecule has 11 heteroatoms. The average molecular weight is 546 g/mol. The number of anilines is 1. The van der Waals surface area contributed by atoms with E-state index in [-0.39, 0.29) is 12.1 Å². The number of nitrogens with one attached hydrogen (secondary N) is 2. The Hall–Kier alpha value is -2.24. The van der Waals surface area contributed by atoms with E-state index < -0.39 is 10.0 Å². The van der Waals surface area contributed by atoms with Crippen LogP contribution in [-0.2, 0) is 10.0 Å². The van der Waals surface area contributed by atoms with E-state index in [0.29, 0.717) is 14.4 Å². The Morgan fingerprint density at radius 2 is 1.77 bits per heavy atom. The number of halogens is 1. The van der Waals surface area contributed by atoms with Gasteiger partial charge in [0.15, 0.2) is 5.16 Å². The lowest BCUT2D eigenvalue weighted by Gasteiger charge is -2.30. The molecule has 1 aliphatic carbocycles. The maximum absolute atomic E-state index is 13.0. The van der Waals surface area contributed by atoms with Gasteiger partial charge in [-0.3, -0.25) is 4.98 Å². The van der Waals surface area contributed by atoms with Crippen LogP contribution >= 0.6 is 34.7 Å². The van der Waals surface area contributed by atoms with Crippen LogP contribution < -0.4 is 10.0 Å². The molecule has 1 aliphatic rings. The maximum atomic E-state index is 13.0. The van der Waals surface area contributed by atoms with Gasteiger partial charge in [-0.2, -0.15) is 0 Å². The van der Waals surface area contributed by atoms with Gasteiger partial charge in [-0.25, -0.2) is 23.1 Å². The van der Waals surface area contributed by atoms with Crippen molar-refractivity contribution in [2.24, 2.45) is 0 Å². The number of sulfonamides is 1. The first kappa shape index (κ1) is 24.5. The van der Waals surface area contributed by atoms with Gasteiger partial charge in [0.05, 0.1) is 16.1 Å². The van der Waals surface area contributed by atoms with Gasteiger partial charge in [0.1, 0.15) is 4.21 Å². The van der Waals surface area contributed by atoms with Crippen molar-refractivity contribution < 1.29 is 8.42 Å². The molecule has 0 atom stereocenters. The molecular formula is C24H24ClN5O2S3. The van der Waals surface area contributed by atoms with Gasteiger partial charge in [-0.15, -0.1) is 11.3 Å². The van der Waals surface area contributed by atoms with Crippen LogP contribution in [0, 0.1) is 0 Å². The van der Waals surface area contributed by atoms with Gasteiger partial charge in [-0.05, 0) is 74.4 Å². The first-order valence-corrected chi connectivity index (χ1v) is 15.1. The fourth-order valence-electron chi connectivity index (χ4n) is 4.28. The summed E-state index contributed by atoms with van der Waals surface area (Å²) >= 11 is 8.78. The van der Waals surface area contributed by atoms with Gasteiger partial charge < -0.3 is 5.32 Å². The summed E-state index contributed by atoms with van der Waals surface area (Å²) in [6.45, 7) is 0. The highest BCUT2D eigenvalue weighted by Gasteiger charge is 2.27. The second kappa shape index (κ2) is 10.4. The summed E-state index contributed by atoms with van der Waals surface area (Å²) < 4.78 is 29.3. The van der Waals surface area contributed by atoms with Crippen LogP contribution in [0.25, 0.3) is 21.5 Å². The van der Waals surface area contributed by atoms with E-state index in [2.05, 4.69) is 25.0 Å². The molecule has 3 heterocycles. The van der Waals surface area contributed by atoms with E-state index in [1.807, 2.05) is 30.5 Å². The van der Waals surface area contributed by atoms with E-state index in [1.165, 1.54) is 23.1 Å². The number of aromatic nitrogens is 3. The molecule has 0 aliphatic heterocycles. The smallest absolute Gasteiger partial charge is 0.250 e. The zero-order valence-electron chi connectivity index (χ0n) is 18.9. The molecule has 1 saturated carbocycles. The largest absolute Gasteiger partial charge is 0.382 e. The lowest BCUT2D eigenvalue weighted by molar-refractivity contribution is 0.387. The highest BCUT2D eigenvalue weighted by atomic mass is 35.5. The summed E-state index contributed by atoms with van der Waals surface area (Å²) in [6, 6.07) is 13.1. The van der Waals surface area contributed by atoms with Crippen LogP contribution in [0.4, 0.5) is 5.69 Å². The van der Waals surface area contributed by atoms with Crippen molar-refractivity contribution in [3.8, 4) is 10.6 Å². The zero-order chi connectivity index (χ0) is 24.4. The van der Waals surface area contributed by atoms with Crippen LogP contribution in [0.15, 0.2) is 64.2 Å². The van der Waals surface area contributed by atoms with Crippen LogP contribution in [-0.4, -0.2) is 41.7 Å². The number of fused-ring (bicyclic) bond motifs is 1. The van der Waals surface area contributed by atoms with E-state index in [4.69, 9.17) is 11.6 Å². The molecule has 0 saturated heterocycles. The minimum Gasteiger partial charge on any atom is -0.382 e. The summed E-state index contributed by atoms with van der Waals surface area (Å²) in [5.74, 6) is 0. The van der Waals surface area contributed by atoms with Crippen molar-refractivity contribution in [2.45, 2.75) is 47.1 Å². The van der Waals surface area contributed by atoms with Gasteiger partial charge >= 0.3 is 0 Å². The molecule has 5 rings (SSSR count). The maximum Gasteiger partial charge on any atom is 0.250 e. The second-order valence-corrected chi connectivity index (χ2v) is 12.6. The highest BCUT2D eigenvalue weighted by molar-refractivity contribution is 7.98. The summed E-state index contributed by atoms with van der Waals surface area (Å²) in [6.07, 6.45) is 8.67. The molecule has 0 radical (unpaired) electrons. The molecule has 3 aromatic heterocycles. The van der Waals surface area contributed by atoms with Gasteiger partial charge in [0.25, 0.3) is 0 Å². The summed E-state index contributed by atoms with van der Waals surface area (Å²) in [4.78, 5) is 13.9. The molecule has 1 aromatic carbocycles. The topological polar surface area (TPSA) is 96.9 Å². The van der Waals surface area contributed by atoms with Gasteiger partial charge in [0, 0.05) is 40.6 Å². The Kier molecular flexibility index (Phi) is 7.26. The fourth-order valence-corrected chi connectivity index (χ4v) is 7.40. The van der Waals surface area contributed by atoms with Gasteiger partial charge in [-0.1, -0.05) is 23.4 Å². The summed E-state index contributed by atoms with van der Waals surface area (Å²) in [5.41, 5.74) is 2.61. The normalized spacial score (nSPS) is 18.6. The van der Waals surface area contributed by atoms with Crippen molar-refractivity contribution in [3.63, 3.8) is 0 Å². The Morgan fingerprint density at radius 1 is 1.00 bits per heavy atom. The molecule has 182 valence electrons. The highest BCUT2D eigenvalue weighted by Crippen LogP contribution is 2.32. The molecule has 0 unspecified atom stereocenters. The third-order valence-electron chi connectivity index (χ3n) is 6.03. The number of hydrogen-bond donors (Lipinski definition) is 2. The Balaban J connectivity index is 1.21. The number of thiophene rings is 1. The molecule has 0 amide bonds. The van der Waals surface area contributed by atoms with Crippen molar-refractivity contribution in [1.82, 2.24) is 19.7 Å². The molecule has 4 aromatic rings. The van der Waals surface area contributed by atoms with E-state index in [1.54, 1.807) is 30.6 Å². The van der Waals surface area contributed by atoms with Crippen LogP contribution in [0.2, 0.25) is 5.02 Å². The predicted octanol–water partition coefficient (Wildman–Crippen LogP) is 5.83. The number of thioether (sulfide) groups is 1. The molecule has 0 spiro atoms. The fraction of sp³-hybridized carbons (Fsp3) is 0.292. The molecule has 7 nitrogen and oxygen atoms in total. The predicted molar refractivity (Wildman–Crippen MR) is 144 cm³/mol. The third-order valence-corrected chi connectivity index (χ3v) is 9.95. The standard InChI is InChI=1S/C24H24ClN5O2S3/c1-33-24-27-13-11-20(29-24)22-8-9-23(34-22)35(31,32)30-17-5-3-16(4-6-17)28-19-10-12-26-21-14-15(25)2-7-18(19)21/h2,7-14,16-17,30H,3-6H2,1H3,(H,26,28). The monoisotopic (exact) mass is 545 g/mol. The number of benzene rings is 1. The SMILES string of the molecule is CSc1nccc(-c2ccc(S(=O)(=O)NC3CCC(Nc4ccnc5cc(Cl)ccc45)CC3)s2)n1. The van der Waals surface area contributed by atoms with Crippen molar-refractivity contribution in [3.05, 3.63) is 59.9 Å². The third kappa shape index (κ3) is 5.62. The summed E-state index contributed by atoms with van der Waals surface area (Å²) in [5, 5.41) is 5.97. The van der Waals surface area contributed by atoms with Crippen LogP contribution in [0.1, 0.15) is 25.7 Å². The Bertz CT molecular complexity index is 1450. The van der Waals surface area contributed by atoms with E-state index >= 15 is 0 Å². The molecular weight excluding hydrogens is 522 g/mol. The van der Waals surface area contributed by atoms with E-state index in [9.17, 15) is 8.42 Å². The van der Waals surface area contributed by atoms with Crippen LogP contribution in [0.3, 0.4) is 0 Å². The number of rotatable bonds is 7. The molecule has 1 fully saturated rings. The zero-order valence-corrected chi connectivity index (χ0v) is 22.1. The quantitative estimate of drug-likeness (QED) is 0.223. The lowest BCUT2D eigenvalue weighted by Crippen LogP contribution is -2.39. The lowest BCUT2D eigenvalue weighted by atomic mass is 9.91. The average Bonchev–Trinajstić information content (AvgIpc) is 3.37. The van der Waals surface area contributed by atoms with Crippen LogP contribution in [0.5, 0.6) is 0 Å². The minimum absolute atomic E-state index is 0.0845. The van der Waals surface area contributed by atoms with E-state index in [0.717, 1.165) is 52.8 Å². The minimum atomic E-state index is -3.59. The number of hydrogen-bond acceptors (Lipinski definition) is 8. The summed E-state index contributed by atoms with van der Waals surface area (Å²) in [7, 11) is -3.59. The Labute approximate surface area is 217 Å². The molecule has 0 bridgehead atoms. The molecule has 35 heavy (non-hydrogen) atoms. The van der Waals surface area contributed by atoms with Crippen molar-refractivity contribution in [1.29, 1.82) is 0 Å². The first-order valence-electron chi connectivity index (χ1n) is 11.2. The Morgan fingerprint density at radius 3 is 2.57 bits per heavy atom. The van der Waals surface area contributed by atoms with Crippen molar-refractivity contribution >= 4 is 61.3 Å². The molecule has 2 N–H and O–H groups in total. The van der Waals surface area contributed by atoms with Crippen molar-refractivity contribution in [2.75, 3.05) is 11.6 Å². The first-order chi connectivity index (χ1) is 16.9. The second-order valence-electron chi connectivity index (χ2n) is 8.38. The number of pyridine rings is 1. The number of nitrogens with zero attached hydrogens (tertiary/aromatic N) is 3. The van der Waals surface area contributed by atoms with Gasteiger partial charge in [0.2, 0.25) is 10.0 Å².